The zero-order valence-electron chi connectivity index (χ0n) is 11.3. The molecular formula is C16H13BrClNO2. The Kier molecular flexibility index (Phi) is 5.15. The monoisotopic (exact) mass is 365 g/mol. The number of hydrogen-bond donors (Lipinski definition) is 1. The maximum absolute atomic E-state index is 12.2. The molecule has 0 saturated carbocycles. The van der Waals surface area contributed by atoms with Gasteiger partial charge in [-0.1, -0.05) is 34.5 Å². The van der Waals surface area contributed by atoms with Crippen molar-refractivity contribution in [3.63, 3.8) is 0 Å². The molecule has 0 fully saturated rings. The molecule has 0 spiro atoms. The molecular weight excluding hydrogens is 354 g/mol. The van der Waals surface area contributed by atoms with Crippen LogP contribution < -0.4 is 5.32 Å². The molecule has 3 nitrogen and oxygen atoms in total. The van der Waals surface area contributed by atoms with Gasteiger partial charge in [0.25, 0.3) is 5.91 Å². The third-order valence-corrected chi connectivity index (χ3v) is 3.72. The summed E-state index contributed by atoms with van der Waals surface area (Å²) in [5.41, 5.74) is 1.41. The lowest BCUT2D eigenvalue weighted by atomic mass is 10.1. The van der Waals surface area contributed by atoms with E-state index in [1.165, 1.54) is 0 Å². The van der Waals surface area contributed by atoms with Crippen LogP contribution in [0.4, 0.5) is 5.69 Å². The first-order chi connectivity index (χ1) is 10.0. The Labute approximate surface area is 136 Å². The largest absolute Gasteiger partial charge is 0.321 e. The van der Waals surface area contributed by atoms with Crippen molar-refractivity contribution in [2.45, 2.75) is 13.3 Å². The van der Waals surface area contributed by atoms with Gasteiger partial charge >= 0.3 is 0 Å². The highest BCUT2D eigenvalue weighted by Gasteiger charge is 2.13. The average Bonchev–Trinajstić information content (AvgIpc) is 2.48. The van der Waals surface area contributed by atoms with Gasteiger partial charge in [-0.15, -0.1) is 0 Å². The fourth-order valence-corrected chi connectivity index (χ4v) is 2.28. The second-order valence-corrected chi connectivity index (χ2v) is 5.78. The van der Waals surface area contributed by atoms with E-state index in [0.717, 1.165) is 4.47 Å². The maximum atomic E-state index is 12.2. The Morgan fingerprint density at radius 1 is 1.14 bits per heavy atom. The van der Waals surface area contributed by atoms with Crippen LogP contribution in [0.5, 0.6) is 0 Å². The Balaban J connectivity index is 2.28. The van der Waals surface area contributed by atoms with Crippen LogP contribution in [0.2, 0.25) is 5.02 Å². The highest BCUT2D eigenvalue weighted by atomic mass is 79.9. The Morgan fingerprint density at radius 2 is 1.81 bits per heavy atom. The van der Waals surface area contributed by atoms with Gasteiger partial charge in [0.05, 0.1) is 5.69 Å². The first kappa shape index (κ1) is 15.7. The van der Waals surface area contributed by atoms with Gasteiger partial charge in [0.15, 0.2) is 5.78 Å². The first-order valence-electron chi connectivity index (χ1n) is 6.41. The number of ketones is 1. The summed E-state index contributed by atoms with van der Waals surface area (Å²) in [5, 5.41) is 3.22. The number of halogens is 2. The molecule has 0 unspecified atom stereocenters. The van der Waals surface area contributed by atoms with Gasteiger partial charge in [-0.25, -0.2) is 0 Å². The van der Waals surface area contributed by atoms with E-state index in [0.29, 0.717) is 28.3 Å². The third kappa shape index (κ3) is 3.93. The molecule has 0 aliphatic rings. The maximum Gasteiger partial charge on any atom is 0.255 e. The van der Waals surface area contributed by atoms with Crippen LogP contribution in [0.25, 0.3) is 0 Å². The first-order valence-corrected chi connectivity index (χ1v) is 7.58. The predicted octanol–water partition coefficient (Wildman–Crippen LogP) is 4.95. The number of Topliss-reactive ketones (excluding diaryl/α,β-unsaturated/α-hetero) is 1. The molecule has 0 bridgehead atoms. The molecule has 0 heterocycles. The van der Waals surface area contributed by atoms with E-state index in [9.17, 15) is 9.59 Å². The van der Waals surface area contributed by atoms with Gasteiger partial charge in [0, 0.05) is 27.0 Å². The molecule has 1 N–H and O–H groups in total. The number of hydrogen-bond acceptors (Lipinski definition) is 2. The fraction of sp³-hybridized carbons (Fsp3) is 0.125. The summed E-state index contributed by atoms with van der Waals surface area (Å²) in [6, 6.07) is 11.8. The predicted molar refractivity (Wildman–Crippen MR) is 88.2 cm³/mol. The van der Waals surface area contributed by atoms with Gasteiger partial charge in [0.2, 0.25) is 0 Å². The summed E-state index contributed by atoms with van der Waals surface area (Å²) in [4.78, 5) is 24.1. The van der Waals surface area contributed by atoms with E-state index in [1.54, 1.807) is 49.4 Å². The van der Waals surface area contributed by atoms with Crippen molar-refractivity contribution in [1.29, 1.82) is 0 Å². The standard InChI is InChI=1S/C16H13BrClNO2/c1-2-15(20)13-9-12(18)7-8-14(13)19-16(21)10-3-5-11(17)6-4-10/h3-9H,2H2,1H3,(H,19,21). The summed E-state index contributed by atoms with van der Waals surface area (Å²) in [7, 11) is 0. The highest BCUT2D eigenvalue weighted by molar-refractivity contribution is 9.10. The normalized spacial score (nSPS) is 10.2. The Morgan fingerprint density at radius 3 is 2.43 bits per heavy atom. The molecule has 2 aromatic carbocycles. The van der Waals surface area contributed by atoms with E-state index in [2.05, 4.69) is 21.2 Å². The topological polar surface area (TPSA) is 46.2 Å². The van der Waals surface area contributed by atoms with Crippen molar-refractivity contribution in [3.05, 3.63) is 63.1 Å². The number of rotatable bonds is 4. The molecule has 0 radical (unpaired) electrons. The van der Waals surface area contributed by atoms with Crippen molar-refractivity contribution in [1.82, 2.24) is 0 Å². The number of benzene rings is 2. The van der Waals surface area contributed by atoms with Gasteiger partial charge in [-0.2, -0.15) is 0 Å². The summed E-state index contributed by atoms with van der Waals surface area (Å²) < 4.78 is 0.896. The average molecular weight is 367 g/mol. The lowest BCUT2D eigenvalue weighted by Gasteiger charge is -2.10. The smallest absolute Gasteiger partial charge is 0.255 e. The van der Waals surface area contributed by atoms with Crippen LogP contribution in [0.3, 0.4) is 0 Å². The summed E-state index contributed by atoms with van der Waals surface area (Å²) in [6.45, 7) is 1.77. The van der Waals surface area contributed by atoms with Gasteiger partial charge in [0.1, 0.15) is 0 Å². The minimum absolute atomic E-state index is 0.0661. The molecule has 2 rings (SSSR count). The lowest BCUT2D eigenvalue weighted by Crippen LogP contribution is -2.14. The molecule has 0 aliphatic heterocycles. The van der Waals surface area contributed by atoms with Crippen molar-refractivity contribution in [3.8, 4) is 0 Å². The summed E-state index contributed by atoms with van der Waals surface area (Å²) in [6.07, 6.45) is 0.349. The Hall–Kier alpha value is -1.65. The zero-order valence-corrected chi connectivity index (χ0v) is 13.7. The molecule has 0 aliphatic carbocycles. The van der Waals surface area contributed by atoms with E-state index < -0.39 is 0 Å². The quantitative estimate of drug-likeness (QED) is 0.778. The minimum Gasteiger partial charge on any atom is -0.321 e. The molecule has 0 aromatic heterocycles. The number of amides is 1. The number of carbonyl (C=O) groups is 2. The van der Waals surface area contributed by atoms with Crippen molar-refractivity contribution >= 4 is 44.9 Å². The molecule has 2 aromatic rings. The van der Waals surface area contributed by atoms with E-state index >= 15 is 0 Å². The van der Waals surface area contributed by atoms with Crippen molar-refractivity contribution in [2.24, 2.45) is 0 Å². The van der Waals surface area contributed by atoms with Crippen LogP contribution >= 0.6 is 27.5 Å². The molecule has 1 amide bonds. The SMILES string of the molecule is CCC(=O)c1cc(Cl)ccc1NC(=O)c1ccc(Br)cc1. The Bertz CT molecular complexity index is 683. The van der Waals surface area contributed by atoms with Crippen LogP contribution in [-0.4, -0.2) is 11.7 Å². The lowest BCUT2D eigenvalue weighted by molar-refractivity contribution is 0.0989. The number of carbonyl (C=O) groups excluding carboxylic acids is 2. The van der Waals surface area contributed by atoms with Crippen molar-refractivity contribution in [2.75, 3.05) is 5.32 Å². The van der Waals surface area contributed by atoms with Gasteiger partial charge in [-0.05, 0) is 42.5 Å². The second kappa shape index (κ2) is 6.87. The number of anilines is 1. The van der Waals surface area contributed by atoms with Gasteiger partial charge in [-0.3, -0.25) is 9.59 Å². The van der Waals surface area contributed by atoms with Crippen LogP contribution in [0.15, 0.2) is 46.9 Å². The molecule has 21 heavy (non-hydrogen) atoms. The van der Waals surface area contributed by atoms with Crippen molar-refractivity contribution < 1.29 is 9.59 Å². The number of nitrogens with one attached hydrogen (secondary N) is 1. The van der Waals surface area contributed by atoms with Crippen LogP contribution in [-0.2, 0) is 0 Å². The summed E-state index contributed by atoms with van der Waals surface area (Å²) in [5.74, 6) is -0.335. The van der Waals surface area contributed by atoms with E-state index in [1.807, 2.05) is 0 Å². The minimum atomic E-state index is -0.269. The zero-order chi connectivity index (χ0) is 15.4. The molecule has 0 saturated heterocycles. The molecule has 108 valence electrons. The van der Waals surface area contributed by atoms with E-state index in [4.69, 9.17) is 11.6 Å². The third-order valence-electron chi connectivity index (χ3n) is 2.96. The molecule has 0 atom stereocenters. The van der Waals surface area contributed by atoms with Crippen LogP contribution in [0, 0.1) is 0 Å². The highest BCUT2D eigenvalue weighted by Crippen LogP contribution is 2.23. The molecule has 5 heteroatoms. The second-order valence-electron chi connectivity index (χ2n) is 4.43. The van der Waals surface area contributed by atoms with Gasteiger partial charge < -0.3 is 5.32 Å². The van der Waals surface area contributed by atoms with Crippen LogP contribution in [0.1, 0.15) is 34.1 Å². The summed E-state index contributed by atoms with van der Waals surface area (Å²) >= 11 is 9.24. The van der Waals surface area contributed by atoms with E-state index in [-0.39, 0.29) is 11.7 Å². The fourth-order valence-electron chi connectivity index (χ4n) is 1.84.